The van der Waals surface area contributed by atoms with Crippen LogP contribution in [0.4, 0.5) is 10.1 Å². The van der Waals surface area contributed by atoms with E-state index >= 15 is 0 Å². The third-order valence-corrected chi connectivity index (χ3v) is 6.63. The molecule has 3 aromatic rings. The van der Waals surface area contributed by atoms with Crippen molar-refractivity contribution in [1.29, 1.82) is 0 Å². The lowest BCUT2D eigenvalue weighted by atomic mass is 10.2. The molecule has 0 heterocycles. The first-order chi connectivity index (χ1) is 14.7. The van der Waals surface area contributed by atoms with Crippen LogP contribution in [0.15, 0.2) is 71.6 Å². The molecule has 0 fully saturated rings. The van der Waals surface area contributed by atoms with Gasteiger partial charge in [0.05, 0.1) is 28.3 Å². The fourth-order valence-corrected chi connectivity index (χ4v) is 4.20. The molecule has 0 saturated carbocycles. The van der Waals surface area contributed by atoms with Gasteiger partial charge in [0.25, 0.3) is 10.0 Å². The Morgan fingerprint density at radius 3 is 2.42 bits per heavy atom. The molecule has 31 heavy (non-hydrogen) atoms. The predicted octanol–water partition coefficient (Wildman–Crippen LogP) is 4.67. The Bertz CT molecular complexity index is 1200. The second kappa shape index (κ2) is 9.36. The minimum Gasteiger partial charge on any atom is -0.494 e. The monoisotopic (exact) mass is 463 g/mol. The fourth-order valence-electron chi connectivity index (χ4n) is 2.78. The molecule has 0 saturated heterocycles. The second-order valence-electron chi connectivity index (χ2n) is 6.49. The number of halogens is 2. The number of rotatable bonds is 7. The molecule has 0 unspecified atom stereocenters. The highest BCUT2D eigenvalue weighted by atomic mass is 35.5. The maximum absolute atomic E-state index is 13.8. The summed E-state index contributed by atoms with van der Waals surface area (Å²) in [6, 6.07) is 16.4. The number of sulfonamides is 1. The van der Waals surface area contributed by atoms with Crippen molar-refractivity contribution >= 4 is 33.3 Å². The largest absolute Gasteiger partial charge is 0.494 e. The van der Waals surface area contributed by atoms with E-state index in [2.05, 4.69) is 0 Å². The van der Waals surface area contributed by atoms with Crippen molar-refractivity contribution in [2.75, 3.05) is 18.5 Å². The summed E-state index contributed by atoms with van der Waals surface area (Å²) in [5.74, 6) is -1.36. The van der Waals surface area contributed by atoms with Gasteiger partial charge in [-0.25, -0.2) is 17.6 Å². The molecule has 0 radical (unpaired) electrons. The number of benzene rings is 3. The molecular weight excluding hydrogens is 445 g/mol. The van der Waals surface area contributed by atoms with Gasteiger partial charge < -0.3 is 9.47 Å². The van der Waals surface area contributed by atoms with Gasteiger partial charge in [0.15, 0.2) is 11.6 Å². The maximum atomic E-state index is 13.8. The Morgan fingerprint density at radius 2 is 1.77 bits per heavy atom. The number of para-hydroxylation sites is 1. The van der Waals surface area contributed by atoms with E-state index in [1.165, 1.54) is 38.4 Å². The van der Waals surface area contributed by atoms with Gasteiger partial charge in [-0.2, -0.15) is 0 Å². The molecular formula is C22H19ClFNO5S. The lowest BCUT2D eigenvalue weighted by Gasteiger charge is -2.20. The molecule has 0 spiro atoms. The standard InChI is InChI=1S/C22H19ClFNO5S/c1-25(16-6-4-3-5-7-16)31(27,28)17-9-10-19(23)18(13-17)22(26)30-14-15-8-11-21(29-2)20(24)12-15/h3-13H,14H2,1-2H3. The van der Waals surface area contributed by atoms with Gasteiger partial charge in [0.2, 0.25) is 0 Å². The lowest BCUT2D eigenvalue weighted by Crippen LogP contribution is -2.26. The molecule has 3 rings (SSSR count). The summed E-state index contributed by atoms with van der Waals surface area (Å²) in [6.45, 7) is -0.225. The highest BCUT2D eigenvalue weighted by Crippen LogP contribution is 2.26. The molecule has 0 atom stereocenters. The van der Waals surface area contributed by atoms with Crippen LogP contribution in [-0.2, 0) is 21.4 Å². The molecule has 0 bridgehead atoms. The highest BCUT2D eigenvalue weighted by Gasteiger charge is 2.24. The Balaban J connectivity index is 1.81. The average molecular weight is 464 g/mol. The number of nitrogens with zero attached hydrogens (tertiary/aromatic N) is 1. The first-order valence-corrected chi connectivity index (χ1v) is 10.9. The molecule has 0 aliphatic heterocycles. The minimum atomic E-state index is -3.94. The first kappa shape index (κ1) is 22.6. The topological polar surface area (TPSA) is 72.9 Å². The first-order valence-electron chi connectivity index (χ1n) is 9.07. The zero-order valence-electron chi connectivity index (χ0n) is 16.7. The van der Waals surface area contributed by atoms with Gasteiger partial charge in [-0.05, 0) is 48.0 Å². The Kier molecular flexibility index (Phi) is 6.82. The smallest absolute Gasteiger partial charge is 0.340 e. The third kappa shape index (κ3) is 4.98. The molecule has 162 valence electrons. The number of hydrogen-bond acceptors (Lipinski definition) is 5. The van der Waals surface area contributed by atoms with Crippen molar-refractivity contribution in [1.82, 2.24) is 0 Å². The van der Waals surface area contributed by atoms with E-state index in [1.807, 2.05) is 0 Å². The van der Waals surface area contributed by atoms with Crippen LogP contribution in [0.1, 0.15) is 15.9 Å². The van der Waals surface area contributed by atoms with Crippen LogP contribution >= 0.6 is 11.6 Å². The number of methoxy groups -OCH3 is 1. The van der Waals surface area contributed by atoms with Crippen molar-refractivity contribution in [2.45, 2.75) is 11.5 Å². The van der Waals surface area contributed by atoms with Crippen LogP contribution < -0.4 is 9.04 Å². The van der Waals surface area contributed by atoms with Gasteiger partial charge >= 0.3 is 5.97 Å². The lowest BCUT2D eigenvalue weighted by molar-refractivity contribution is 0.0472. The molecule has 0 aliphatic carbocycles. The number of hydrogen-bond donors (Lipinski definition) is 0. The highest BCUT2D eigenvalue weighted by molar-refractivity contribution is 7.92. The van der Waals surface area contributed by atoms with Crippen LogP contribution in [0.2, 0.25) is 5.02 Å². The van der Waals surface area contributed by atoms with E-state index in [1.54, 1.807) is 36.4 Å². The normalized spacial score (nSPS) is 11.1. The minimum absolute atomic E-state index is 0.0345. The van der Waals surface area contributed by atoms with Crippen LogP contribution in [-0.4, -0.2) is 28.5 Å². The Hall–Kier alpha value is -3.10. The van der Waals surface area contributed by atoms with Crippen molar-refractivity contribution in [3.05, 3.63) is 88.7 Å². The summed E-state index contributed by atoms with van der Waals surface area (Å²) < 4.78 is 50.9. The summed E-state index contributed by atoms with van der Waals surface area (Å²) in [6.07, 6.45) is 0. The zero-order valence-corrected chi connectivity index (χ0v) is 18.3. The zero-order chi connectivity index (χ0) is 22.6. The fraction of sp³-hybridized carbons (Fsp3) is 0.136. The van der Waals surface area contributed by atoms with Gasteiger partial charge in [-0.3, -0.25) is 4.31 Å². The number of carbonyl (C=O) groups is 1. The number of anilines is 1. The van der Waals surface area contributed by atoms with Crippen LogP contribution in [0.25, 0.3) is 0 Å². The summed E-state index contributed by atoms with van der Waals surface area (Å²) in [5.41, 5.74) is 0.747. The van der Waals surface area contributed by atoms with Gasteiger partial charge in [0.1, 0.15) is 6.61 Å². The van der Waals surface area contributed by atoms with E-state index in [-0.39, 0.29) is 27.8 Å². The Morgan fingerprint density at radius 1 is 1.06 bits per heavy atom. The third-order valence-electron chi connectivity index (χ3n) is 4.52. The van der Waals surface area contributed by atoms with E-state index < -0.39 is 21.8 Å². The van der Waals surface area contributed by atoms with Crippen molar-refractivity contribution in [3.63, 3.8) is 0 Å². The molecule has 0 amide bonds. The van der Waals surface area contributed by atoms with E-state index in [9.17, 15) is 17.6 Å². The Labute approximate surface area is 184 Å². The van der Waals surface area contributed by atoms with Gasteiger partial charge in [-0.1, -0.05) is 35.9 Å². The van der Waals surface area contributed by atoms with Crippen LogP contribution in [0, 0.1) is 5.82 Å². The van der Waals surface area contributed by atoms with E-state index in [0.717, 1.165) is 10.4 Å². The summed E-state index contributed by atoms with van der Waals surface area (Å²) in [5, 5.41) is 0.0345. The number of carbonyl (C=O) groups excluding carboxylic acids is 1. The predicted molar refractivity (Wildman–Crippen MR) is 116 cm³/mol. The molecule has 0 N–H and O–H groups in total. The molecule has 3 aromatic carbocycles. The summed E-state index contributed by atoms with van der Waals surface area (Å²) in [7, 11) is -1.19. The second-order valence-corrected chi connectivity index (χ2v) is 8.87. The summed E-state index contributed by atoms with van der Waals surface area (Å²) in [4.78, 5) is 12.4. The quantitative estimate of drug-likeness (QED) is 0.476. The van der Waals surface area contributed by atoms with Crippen molar-refractivity contribution in [3.8, 4) is 5.75 Å². The van der Waals surface area contributed by atoms with E-state index in [4.69, 9.17) is 21.1 Å². The summed E-state index contributed by atoms with van der Waals surface area (Å²) >= 11 is 6.10. The molecule has 0 aliphatic rings. The average Bonchev–Trinajstić information content (AvgIpc) is 2.77. The van der Waals surface area contributed by atoms with Crippen LogP contribution in [0.3, 0.4) is 0 Å². The molecule has 9 heteroatoms. The van der Waals surface area contributed by atoms with Crippen molar-refractivity contribution in [2.24, 2.45) is 0 Å². The van der Waals surface area contributed by atoms with Crippen molar-refractivity contribution < 1.29 is 27.1 Å². The SMILES string of the molecule is COc1ccc(COC(=O)c2cc(S(=O)(=O)N(C)c3ccccc3)ccc2Cl)cc1F. The van der Waals surface area contributed by atoms with Crippen LogP contribution in [0.5, 0.6) is 5.75 Å². The number of ether oxygens (including phenoxy) is 2. The molecule has 6 nitrogen and oxygen atoms in total. The number of esters is 1. The van der Waals surface area contributed by atoms with Gasteiger partial charge in [-0.15, -0.1) is 0 Å². The van der Waals surface area contributed by atoms with Gasteiger partial charge in [0, 0.05) is 7.05 Å². The molecule has 0 aromatic heterocycles. The van der Waals surface area contributed by atoms with E-state index in [0.29, 0.717) is 11.3 Å². The maximum Gasteiger partial charge on any atom is 0.340 e.